The van der Waals surface area contributed by atoms with Crippen molar-refractivity contribution in [1.82, 2.24) is 5.32 Å². The molecule has 2 heterocycles. The second kappa shape index (κ2) is 7.67. The molecule has 0 fully saturated rings. The molecule has 1 aromatic carbocycles. The zero-order valence-corrected chi connectivity index (χ0v) is 15.8. The molecule has 3 amide bonds. The molecule has 0 aliphatic heterocycles. The van der Waals surface area contributed by atoms with Crippen LogP contribution in [0.1, 0.15) is 32.5 Å². The Kier molecular flexibility index (Phi) is 5.34. The number of hydrogen-bond acceptors (Lipinski definition) is 6. The van der Waals surface area contributed by atoms with Crippen LogP contribution in [-0.4, -0.2) is 24.5 Å². The van der Waals surface area contributed by atoms with Gasteiger partial charge in [-0.05, 0) is 42.8 Å². The van der Waals surface area contributed by atoms with Gasteiger partial charge in [-0.2, -0.15) is 0 Å². The van der Waals surface area contributed by atoms with Crippen LogP contribution in [0.4, 0.5) is 9.80 Å². The highest BCUT2D eigenvalue weighted by Gasteiger charge is 2.19. The molecular formula is C18H16N2O4S2. The average Bonchev–Trinajstić information content (AvgIpc) is 3.21. The van der Waals surface area contributed by atoms with Crippen LogP contribution < -0.4 is 10.6 Å². The van der Waals surface area contributed by atoms with Gasteiger partial charge in [0.25, 0.3) is 11.8 Å². The van der Waals surface area contributed by atoms with Crippen LogP contribution in [0.2, 0.25) is 0 Å². The Hall–Kier alpha value is -2.71. The van der Waals surface area contributed by atoms with Gasteiger partial charge in [0.1, 0.15) is 5.00 Å². The van der Waals surface area contributed by atoms with Crippen LogP contribution in [0.25, 0.3) is 10.1 Å². The quantitative estimate of drug-likeness (QED) is 0.693. The van der Waals surface area contributed by atoms with Gasteiger partial charge in [0.2, 0.25) is 0 Å². The smallest absolute Gasteiger partial charge is 0.414 e. The maximum Gasteiger partial charge on any atom is 0.414 e. The number of hydrogen-bond donors (Lipinski definition) is 2. The fourth-order valence-electron chi connectivity index (χ4n) is 2.35. The van der Waals surface area contributed by atoms with Crippen molar-refractivity contribution in [2.45, 2.75) is 13.8 Å². The number of imide groups is 1. The van der Waals surface area contributed by atoms with E-state index in [1.165, 1.54) is 22.7 Å². The van der Waals surface area contributed by atoms with E-state index >= 15 is 0 Å². The SMILES string of the molecule is CCOC(=O)NC(=O)c1ccsc1NC(=O)c1cc2cc(C)ccc2s1. The van der Waals surface area contributed by atoms with Gasteiger partial charge in [-0.3, -0.25) is 14.9 Å². The van der Waals surface area contributed by atoms with Crippen molar-refractivity contribution < 1.29 is 19.1 Å². The minimum Gasteiger partial charge on any atom is -0.450 e. The fraction of sp³-hybridized carbons (Fsp3) is 0.167. The molecule has 0 saturated heterocycles. The van der Waals surface area contributed by atoms with Crippen LogP contribution in [-0.2, 0) is 4.74 Å². The molecule has 3 rings (SSSR count). The first kappa shape index (κ1) is 18.1. The molecule has 0 atom stereocenters. The van der Waals surface area contributed by atoms with Gasteiger partial charge >= 0.3 is 6.09 Å². The van der Waals surface area contributed by atoms with E-state index in [-0.39, 0.29) is 18.1 Å². The van der Waals surface area contributed by atoms with E-state index in [1.54, 1.807) is 18.4 Å². The minimum atomic E-state index is -0.819. The molecule has 134 valence electrons. The highest BCUT2D eigenvalue weighted by atomic mass is 32.1. The van der Waals surface area contributed by atoms with Crippen LogP contribution in [0.5, 0.6) is 0 Å². The number of alkyl carbamates (subject to hydrolysis) is 1. The summed E-state index contributed by atoms with van der Waals surface area (Å²) in [6.07, 6.45) is -0.819. The molecule has 0 aliphatic rings. The summed E-state index contributed by atoms with van der Waals surface area (Å²) in [4.78, 5) is 36.6. The zero-order chi connectivity index (χ0) is 18.7. The molecule has 6 nitrogen and oxygen atoms in total. The van der Waals surface area contributed by atoms with Crippen LogP contribution in [0, 0.1) is 6.92 Å². The number of amides is 3. The monoisotopic (exact) mass is 388 g/mol. The Morgan fingerprint density at radius 1 is 1.12 bits per heavy atom. The minimum absolute atomic E-state index is 0.164. The fourth-order valence-corrected chi connectivity index (χ4v) is 4.07. The molecule has 2 aromatic heterocycles. The summed E-state index contributed by atoms with van der Waals surface area (Å²) in [7, 11) is 0. The van der Waals surface area contributed by atoms with Crippen molar-refractivity contribution in [3.05, 3.63) is 51.7 Å². The van der Waals surface area contributed by atoms with Gasteiger partial charge in [-0.15, -0.1) is 22.7 Å². The number of carbonyl (C=O) groups is 3. The normalized spacial score (nSPS) is 10.5. The van der Waals surface area contributed by atoms with Crippen molar-refractivity contribution in [2.75, 3.05) is 11.9 Å². The molecule has 0 aliphatic carbocycles. The second-order valence-electron chi connectivity index (χ2n) is 5.44. The summed E-state index contributed by atoms with van der Waals surface area (Å²) in [6.45, 7) is 3.81. The highest BCUT2D eigenvalue weighted by Crippen LogP contribution is 2.29. The molecule has 0 bridgehead atoms. The van der Waals surface area contributed by atoms with Crippen molar-refractivity contribution in [2.24, 2.45) is 0 Å². The van der Waals surface area contributed by atoms with Crippen molar-refractivity contribution >= 4 is 55.7 Å². The standard InChI is InChI=1S/C18H16N2O4S2/c1-3-24-18(23)20-15(21)12-6-7-25-17(12)19-16(22)14-9-11-8-10(2)4-5-13(11)26-14/h4-9H,3H2,1-2H3,(H,19,22)(H,20,21,23). The first-order valence-electron chi connectivity index (χ1n) is 7.85. The lowest BCUT2D eigenvalue weighted by Crippen LogP contribution is -2.31. The lowest BCUT2D eigenvalue weighted by Gasteiger charge is -2.06. The van der Waals surface area contributed by atoms with Crippen molar-refractivity contribution in [1.29, 1.82) is 0 Å². The third-order valence-corrected chi connectivity index (χ3v) is 5.47. The van der Waals surface area contributed by atoms with Crippen LogP contribution in [0.3, 0.4) is 0 Å². The van der Waals surface area contributed by atoms with Gasteiger partial charge in [0.15, 0.2) is 0 Å². The molecule has 2 N–H and O–H groups in total. The van der Waals surface area contributed by atoms with Gasteiger partial charge in [0, 0.05) is 4.70 Å². The van der Waals surface area contributed by atoms with E-state index in [4.69, 9.17) is 4.74 Å². The zero-order valence-electron chi connectivity index (χ0n) is 14.1. The summed E-state index contributed by atoms with van der Waals surface area (Å²) in [5, 5.41) is 7.92. The highest BCUT2D eigenvalue weighted by molar-refractivity contribution is 7.21. The lowest BCUT2D eigenvalue weighted by atomic mass is 10.2. The predicted octanol–water partition coefficient (Wildman–Crippen LogP) is 4.41. The maximum absolute atomic E-state index is 12.5. The van der Waals surface area contributed by atoms with Crippen molar-refractivity contribution in [3.63, 3.8) is 0 Å². The maximum atomic E-state index is 12.5. The first-order chi connectivity index (χ1) is 12.5. The number of ether oxygens (including phenoxy) is 1. The topological polar surface area (TPSA) is 84.5 Å². The molecule has 0 unspecified atom stereocenters. The van der Waals surface area contributed by atoms with Gasteiger partial charge in [0.05, 0.1) is 17.0 Å². The summed E-state index contributed by atoms with van der Waals surface area (Å²) in [6, 6.07) is 9.37. The van der Waals surface area contributed by atoms with E-state index < -0.39 is 12.0 Å². The Morgan fingerprint density at radius 2 is 1.92 bits per heavy atom. The number of anilines is 1. The Balaban J connectivity index is 1.76. The average molecular weight is 388 g/mol. The number of benzene rings is 1. The third kappa shape index (κ3) is 3.92. The lowest BCUT2D eigenvalue weighted by molar-refractivity contribution is 0.0926. The Bertz CT molecular complexity index is 990. The Labute approximate surface area is 157 Å². The van der Waals surface area contributed by atoms with E-state index in [0.29, 0.717) is 9.88 Å². The summed E-state index contributed by atoms with van der Waals surface area (Å²) < 4.78 is 5.71. The van der Waals surface area contributed by atoms with Crippen LogP contribution >= 0.6 is 22.7 Å². The van der Waals surface area contributed by atoms with Gasteiger partial charge < -0.3 is 10.1 Å². The number of rotatable bonds is 4. The Morgan fingerprint density at radius 3 is 2.69 bits per heavy atom. The molecule has 26 heavy (non-hydrogen) atoms. The largest absolute Gasteiger partial charge is 0.450 e. The van der Waals surface area contributed by atoms with Gasteiger partial charge in [-0.1, -0.05) is 17.7 Å². The van der Waals surface area contributed by atoms with E-state index in [9.17, 15) is 14.4 Å². The molecule has 0 spiro atoms. The molecule has 8 heteroatoms. The molecule has 0 saturated carbocycles. The predicted molar refractivity (Wildman–Crippen MR) is 103 cm³/mol. The molecule has 3 aromatic rings. The summed E-state index contributed by atoms with van der Waals surface area (Å²) >= 11 is 2.60. The number of nitrogens with one attached hydrogen (secondary N) is 2. The number of thiophene rings is 2. The van der Waals surface area contributed by atoms with E-state index in [1.807, 2.05) is 31.2 Å². The third-order valence-electron chi connectivity index (χ3n) is 3.52. The number of carbonyl (C=O) groups excluding carboxylic acids is 3. The molecular weight excluding hydrogens is 372 g/mol. The van der Waals surface area contributed by atoms with Gasteiger partial charge in [-0.25, -0.2) is 4.79 Å². The van der Waals surface area contributed by atoms with E-state index in [2.05, 4.69) is 10.6 Å². The molecule has 0 radical (unpaired) electrons. The summed E-state index contributed by atoms with van der Waals surface area (Å²) in [5.74, 6) is -0.913. The number of fused-ring (bicyclic) bond motifs is 1. The first-order valence-corrected chi connectivity index (χ1v) is 9.54. The second-order valence-corrected chi connectivity index (χ2v) is 7.44. The van der Waals surface area contributed by atoms with Crippen molar-refractivity contribution in [3.8, 4) is 0 Å². The number of aryl methyl sites for hydroxylation is 1. The van der Waals surface area contributed by atoms with E-state index in [0.717, 1.165) is 15.6 Å². The van der Waals surface area contributed by atoms with Crippen LogP contribution in [0.15, 0.2) is 35.7 Å². The summed E-state index contributed by atoms with van der Waals surface area (Å²) in [5.41, 5.74) is 1.34.